The van der Waals surface area contributed by atoms with Gasteiger partial charge in [0.1, 0.15) is 6.33 Å². The number of hydrogen-bond donors (Lipinski definition) is 1. The van der Waals surface area contributed by atoms with Crippen molar-refractivity contribution in [1.82, 2.24) is 24.3 Å². The Labute approximate surface area is 135 Å². The Bertz CT molecular complexity index is 1130. The highest BCUT2D eigenvalue weighted by Crippen LogP contribution is 2.11. The van der Waals surface area contributed by atoms with E-state index in [1.807, 2.05) is 6.07 Å². The van der Waals surface area contributed by atoms with Gasteiger partial charge < -0.3 is 0 Å². The summed E-state index contributed by atoms with van der Waals surface area (Å²) in [6, 6.07) is 10.5. The Morgan fingerprint density at radius 3 is 2.75 bits per heavy atom. The fourth-order valence-electron chi connectivity index (χ4n) is 2.54. The third-order valence-corrected chi connectivity index (χ3v) is 3.72. The minimum atomic E-state index is -0.376. The molecule has 1 aromatic carbocycles. The van der Waals surface area contributed by atoms with Gasteiger partial charge in [-0.25, -0.2) is 9.66 Å². The molecule has 0 radical (unpaired) electrons. The summed E-state index contributed by atoms with van der Waals surface area (Å²) in [7, 11) is 0. The number of nitrogens with one attached hydrogen (secondary N) is 1. The van der Waals surface area contributed by atoms with E-state index in [0.717, 1.165) is 0 Å². The van der Waals surface area contributed by atoms with Crippen LogP contribution in [0.3, 0.4) is 0 Å². The fourth-order valence-corrected chi connectivity index (χ4v) is 2.54. The third-order valence-electron chi connectivity index (χ3n) is 3.72. The lowest BCUT2D eigenvalue weighted by atomic mass is 10.2. The van der Waals surface area contributed by atoms with E-state index < -0.39 is 0 Å². The van der Waals surface area contributed by atoms with Gasteiger partial charge in [0.25, 0.3) is 17.2 Å². The maximum Gasteiger partial charge on any atom is 0.280 e. The lowest BCUT2D eigenvalue weighted by molar-refractivity contribution is 0.101. The van der Waals surface area contributed by atoms with Crippen LogP contribution in [0.5, 0.6) is 0 Å². The van der Waals surface area contributed by atoms with E-state index in [9.17, 15) is 9.59 Å². The first-order valence-electron chi connectivity index (χ1n) is 7.22. The van der Waals surface area contributed by atoms with Gasteiger partial charge in [-0.3, -0.25) is 15.0 Å². The van der Waals surface area contributed by atoms with E-state index in [-0.39, 0.29) is 11.5 Å². The molecule has 8 nitrogen and oxygen atoms in total. The van der Waals surface area contributed by atoms with Crippen LogP contribution in [-0.2, 0) is 0 Å². The van der Waals surface area contributed by atoms with Crippen LogP contribution in [0, 0.1) is 6.92 Å². The maximum atomic E-state index is 12.7. The number of aryl methyl sites for hydroxylation is 1. The molecule has 3 aromatic heterocycles. The van der Waals surface area contributed by atoms with Crippen LogP contribution in [-0.4, -0.2) is 30.2 Å². The molecule has 0 spiro atoms. The normalized spacial score (nSPS) is 11.0. The van der Waals surface area contributed by atoms with Gasteiger partial charge in [-0.2, -0.15) is 14.6 Å². The summed E-state index contributed by atoms with van der Waals surface area (Å²) >= 11 is 0. The Kier molecular flexibility index (Phi) is 3.09. The number of nitrogens with zero attached hydrogens (tertiary/aromatic N) is 5. The first-order valence-corrected chi connectivity index (χ1v) is 7.22. The predicted octanol–water partition coefficient (Wildman–Crippen LogP) is 1.13. The molecule has 0 aliphatic carbocycles. The predicted molar refractivity (Wildman–Crippen MR) is 87.4 cm³/mol. The second-order valence-electron chi connectivity index (χ2n) is 5.26. The molecule has 0 aliphatic heterocycles. The molecule has 4 rings (SSSR count). The molecule has 8 heteroatoms. The number of aromatic nitrogens is 5. The van der Waals surface area contributed by atoms with Crippen molar-refractivity contribution >= 4 is 22.6 Å². The van der Waals surface area contributed by atoms with Gasteiger partial charge in [-0.05, 0) is 25.1 Å². The number of fused-ring (bicyclic) bond motifs is 3. The van der Waals surface area contributed by atoms with Crippen molar-refractivity contribution in [2.75, 3.05) is 5.43 Å². The second-order valence-corrected chi connectivity index (χ2v) is 5.26. The number of hydrogen-bond acceptors (Lipinski definition) is 5. The summed E-state index contributed by atoms with van der Waals surface area (Å²) in [6.07, 6.45) is 2.81. The zero-order valence-electron chi connectivity index (χ0n) is 12.7. The first kappa shape index (κ1) is 14.1. The van der Waals surface area contributed by atoms with Crippen LogP contribution in [0.4, 0.5) is 0 Å². The standard InChI is InChI=1S/C16H12N6O2/c1-10-7-13-12(8-17-16-18-9-19-22(13)16)15(24)21(10)20-14(23)11-5-3-2-4-6-11/h2-9H,1H3,(H,20,23). The van der Waals surface area contributed by atoms with Crippen LogP contribution in [0.1, 0.15) is 16.1 Å². The molecule has 0 unspecified atom stereocenters. The van der Waals surface area contributed by atoms with Crippen LogP contribution in [0.2, 0.25) is 0 Å². The van der Waals surface area contributed by atoms with E-state index in [1.165, 1.54) is 21.7 Å². The van der Waals surface area contributed by atoms with Gasteiger partial charge in [-0.15, -0.1) is 0 Å². The molecular formula is C16H12N6O2. The van der Waals surface area contributed by atoms with Crippen molar-refractivity contribution in [2.24, 2.45) is 0 Å². The number of pyridine rings is 1. The van der Waals surface area contributed by atoms with Gasteiger partial charge in [0, 0.05) is 17.5 Å². The summed E-state index contributed by atoms with van der Waals surface area (Å²) in [5, 5.41) is 4.41. The molecule has 1 N–H and O–H groups in total. The van der Waals surface area contributed by atoms with E-state index in [0.29, 0.717) is 27.9 Å². The maximum absolute atomic E-state index is 12.7. The average Bonchev–Trinajstić information content (AvgIpc) is 3.08. The molecule has 0 bridgehead atoms. The molecule has 3 heterocycles. The van der Waals surface area contributed by atoms with Gasteiger partial charge >= 0.3 is 0 Å². The first-order chi connectivity index (χ1) is 11.6. The van der Waals surface area contributed by atoms with Crippen molar-refractivity contribution in [1.29, 1.82) is 0 Å². The molecule has 1 amide bonds. The Balaban J connectivity index is 1.86. The molecule has 118 valence electrons. The summed E-state index contributed by atoms with van der Waals surface area (Å²) in [5.74, 6) is 0.0438. The quantitative estimate of drug-likeness (QED) is 0.597. The zero-order chi connectivity index (χ0) is 16.7. The van der Waals surface area contributed by atoms with E-state index in [1.54, 1.807) is 37.3 Å². The third kappa shape index (κ3) is 2.12. The summed E-state index contributed by atoms with van der Waals surface area (Å²) in [5.41, 5.74) is 3.87. The number of benzene rings is 1. The average molecular weight is 320 g/mol. The van der Waals surface area contributed by atoms with Crippen molar-refractivity contribution in [3.8, 4) is 0 Å². The van der Waals surface area contributed by atoms with Gasteiger partial charge in [-0.1, -0.05) is 18.2 Å². The van der Waals surface area contributed by atoms with Gasteiger partial charge in [0.15, 0.2) is 0 Å². The Hall–Kier alpha value is -3.55. The number of carbonyl (C=O) groups is 1. The lowest BCUT2D eigenvalue weighted by Gasteiger charge is -2.13. The molecule has 0 aliphatic rings. The topological polar surface area (TPSA) is 94.2 Å². The molecule has 0 saturated carbocycles. The van der Waals surface area contributed by atoms with Crippen LogP contribution < -0.4 is 11.0 Å². The molecule has 0 fully saturated rings. The molecular weight excluding hydrogens is 308 g/mol. The Morgan fingerprint density at radius 2 is 1.96 bits per heavy atom. The smallest absolute Gasteiger partial charge is 0.267 e. The number of amides is 1. The summed E-state index contributed by atoms with van der Waals surface area (Å²) in [4.78, 5) is 33.1. The van der Waals surface area contributed by atoms with E-state index >= 15 is 0 Å². The monoisotopic (exact) mass is 320 g/mol. The second kappa shape index (κ2) is 5.27. The van der Waals surface area contributed by atoms with Crippen LogP contribution >= 0.6 is 0 Å². The van der Waals surface area contributed by atoms with E-state index in [4.69, 9.17) is 0 Å². The highest BCUT2D eigenvalue weighted by molar-refractivity contribution is 6.00. The lowest BCUT2D eigenvalue weighted by Crippen LogP contribution is -2.35. The largest absolute Gasteiger partial charge is 0.280 e. The van der Waals surface area contributed by atoms with Crippen molar-refractivity contribution < 1.29 is 4.79 Å². The van der Waals surface area contributed by atoms with Crippen molar-refractivity contribution in [2.45, 2.75) is 6.92 Å². The zero-order valence-corrected chi connectivity index (χ0v) is 12.7. The molecule has 24 heavy (non-hydrogen) atoms. The summed E-state index contributed by atoms with van der Waals surface area (Å²) < 4.78 is 2.70. The van der Waals surface area contributed by atoms with Crippen LogP contribution in [0.15, 0.2) is 53.7 Å². The minimum Gasteiger partial charge on any atom is -0.267 e. The van der Waals surface area contributed by atoms with Crippen molar-refractivity contribution in [3.05, 3.63) is 70.5 Å². The molecule has 0 saturated heterocycles. The van der Waals surface area contributed by atoms with E-state index in [2.05, 4.69) is 20.5 Å². The Morgan fingerprint density at radius 1 is 1.17 bits per heavy atom. The highest BCUT2D eigenvalue weighted by atomic mass is 16.2. The SMILES string of the molecule is Cc1cc2c(cnc3ncnn32)c(=O)n1NC(=O)c1ccccc1. The number of rotatable bonds is 2. The van der Waals surface area contributed by atoms with Gasteiger partial charge in [0.05, 0.1) is 10.9 Å². The van der Waals surface area contributed by atoms with Crippen molar-refractivity contribution in [3.63, 3.8) is 0 Å². The van der Waals surface area contributed by atoms with Gasteiger partial charge in [0.2, 0.25) is 0 Å². The minimum absolute atomic E-state index is 0.340. The highest BCUT2D eigenvalue weighted by Gasteiger charge is 2.13. The molecule has 0 atom stereocenters. The van der Waals surface area contributed by atoms with Crippen LogP contribution in [0.25, 0.3) is 16.7 Å². The summed E-state index contributed by atoms with van der Waals surface area (Å²) in [6.45, 7) is 1.73. The molecule has 4 aromatic rings. The fraction of sp³-hybridized carbons (Fsp3) is 0.0625. The number of carbonyl (C=O) groups excluding carboxylic acids is 1.